The van der Waals surface area contributed by atoms with Crippen LogP contribution in [0.15, 0.2) is 24.4 Å². The highest BCUT2D eigenvalue weighted by Gasteiger charge is 2.34. The predicted molar refractivity (Wildman–Crippen MR) is 70.2 cm³/mol. The number of rotatable bonds is 3. The summed E-state index contributed by atoms with van der Waals surface area (Å²) in [5.74, 6) is 2.04. The fraction of sp³-hybridized carbons (Fsp3) is 0.643. The van der Waals surface area contributed by atoms with Crippen LogP contribution in [0, 0.1) is 5.92 Å². The summed E-state index contributed by atoms with van der Waals surface area (Å²) in [6, 6.07) is 7.69. The van der Waals surface area contributed by atoms with Gasteiger partial charge in [-0.2, -0.15) is 0 Å². The maximum absolute atomic E-state index is 4.42. The van der Waals surface area contributed by atoms with E-state index in [2.05, 4.69) is 34.3 Å². The number of nitrogens with one attached hydrogen (secondary N) is 1. The first kappa shape index (κ1) is 11.0. The standard InChI is InChI=1S/C14H21N3/c1-11-10-13(11)16-12-5-8-17(9-6-12)14-4-2-3-7-15-14/h2-4,7,11-13,16H,5-6,8-10H2,1H3. The van der Waals surface area contributed by atoms with Crippen LogP contribution < -0.4 is 10.2 Å². The Morgan fingerprint density at radius 2 is 2.06 bits per heavy atom. The molecule has 2 heterocycles. The first-order chi connectivity index (χ1) is 8.33. The molecule has 0 radical (unpaired) electrons. The third kappa shape index (κ3) is 2.60. The smallest absolute Gasteiger partial charge is 0.128 e. The Morgan fingerprint density at radius 1 is 1.29 bits per heavy atom. The highest BCUT2D eigenvalue weighted by molar-refractivity contribution is 5.38. The predicted octanol–water partition coefficient (Wildman–Crippen LogP) is 2.05. The average Bonchev–Trinajstić information content (AvgIpc) is 3.07. The topological polar surface area (TPSA) is 28.2 Å². The van der Waals surface area contributed by atoms with Gasteiger partial charge in [0.25, 0.3) is 0 Å². The lowest BCUT2D eigenvalue weighted by Gasteiger charge is -2.33. The highest BCUT2D eigenvalue weighted by atomic mass is 15.2. The Labute approximate surface area is 103 Å². The van der Waals surface area contributed by atoms with Gasteiger partial charge >= 0.3 is 0 Å². The molecule has 2 atom stereocenters. The third-order valence-corrected chi connectivity index (χ3v) is 4.03. The van der Waals surface area contributed by atoms with Gasteiger partial charge in [0.2, 0.25) is 0 Å². The van der Waals surface area contributed by atoms with Gasteiger partial charge in [0.1, 0.15) is 5.82 Å². The van der Waals surface area contributed by atoms with E-state index in [1.165, 1.54) is 19.3 Å². The van der Waals surface area contributed by atoms with Crippen molar-refractivity contribution in [2.24, 2.45) is 5.92 Å². The zero-order valence-electron chi connectivity index (χ0n) is 10.5. The second-order valence-corrected chi connectivity index (χ2v) is 5.44. The van der Waals surface area contributed by atoms with Crippen molar-refractivity contribution in [2.45, 2.75) is 38.3 Å². The molecule has 1 saturated heterocycles. The third-order valence-electron chi connectivity index (χ3n) is 4.03. The van der Waals surface area contributed by atoms with Crippen molar-refractivity contribution in [3.63, 3.8) is 0 Å². The Bertz CT molecular complexity index is 357. The lowest BCUT2D eigenvalue weighted by molar-refractivity contribution is 0.405. The summed E-state index contributed by atoms with van der Waals surface area (Å²) < 4.78 is 0. The minimum absolute atomic E-state index is 0.727. The van der Waals surface area contributed by atoms with Crippen LogP contribution in [0.1, 0.15) is 26.2 Å². The van der Waals surface area contributed by atoms with E-state index >= 15 is 0 Å². The molecule has 1 aliphatic heterocycles. The quantitative estimate of drug-likeness (QED) is 0.863. The summed E-state index contributed by atoms with van der Waals surface area (Å²) in [6.07, 6.45) is 5.76. The maximum Gasteiger partial charge on any atom is 0.128 e. The van der Waals surface area contributed by atoms with Crippen LogP contribution in [0.3, 0.4) is 0 Å². The van der Waals surface area contributed by atoms with Crippen molar-refractivity contribution in [3.05, 3.63) is 24.4 Å². The molecule has 17 heavy (non-hydrogen) atoms. The van der Waals surface area contributed by atoms with Gasteiger partial charge in [-0.25, -0.2) is 4.98 Å². The van der Waals surface area contributed by atoms with Crippen molar-refractivity contribution < 1.29 is 0 Å². The van der Waals surface area contributed by atoms with Crippen LogP contribution >= 0.6 is 0 Å². The second kappa shape index (κ2) is 4.65. The largest absolute Gasteiger partial charge is 0.357 e. The lowest BCUT2D eigenvalue weighted by Crippen LogP contribution is -2.43. The Balaban J connectivity index is 1.50. The van der Waals surface area contributed by atoms with Crippen LogP contribution in [0.2, 0.25) is 0 Å². The summed E-state index contributed by atoms with van der Waals surface area (Å²) >= 11 is 0. The van der Waals surface area contributed by atoms with Gasteiger partial charge in [-0.15, -0.1) is 0 Å². The van der Waals surface area contributed by atoms with E-state index < -0.39 is 0 Å². The van der Waals surface area contributed by atoms with E-state index in [4.69, 9.17) is 0 Å². The molecule has 1 saturated carbocycles. The molecular weight excluding hydrogens is 210 g/mol. The molecule has 0 amide bonds. The molecule has 1 N–H and O–H groups in total. The zero-order chi connectivity index (χ0) is 11.7. The summed E-state index contributed by atoms with van der Waals surface area (Å²) in [5.41, 5.74) is 0. The number of anilines is 1. The average molecular weight is 231 g/mol. The van der Waals surface area contributed by atoms with Crippen molar-refractivity contribution in [3.8, 4) is 0 Å². The molecule has 3 heteroatoms. The SMILES string of the molecule is CC1CC1NC1CCN(c2ccccn2)CC1. The molecule has 1 aromatic heterocycles. The molecule has 0 bridgehead atoms. The summed E-state index contributed by atoms with van der Waals surface area (Å²) in [4.78, 5) is 6.82. The molecular formula is C14H21N3. The van der Waals surface area contributed by atoms with Gasteiger partial charge in [0, 0.05) is 31.4 Å². The maximum atomic E-state index is 4.42. The summed E-state index contributed by atoms with van der Waals surface area (Å²) in [7, 11) is 0. The van der Waals surface area contributed by atoms with E-state index in [0.717, 1.165) is 36.9 Å². The Kier molecular flexibility index (Phi) is 3.02. The number of hydrogen-bond donors (Lipinski definition) is 1. The number of piperidine rings is 1. The number of hydrogen-bond acceptors (Lipinski definition) is 3. The molecule has 1 aromatic rings. The lowest BCUT2D eigenvalue weighted by atomic mass is 10.0. The summed E-state index contributed by atoms with van der Waals surface area (Å²) in [5, 5.41) is 3.77. The van der Waals surface area contributed by atoms with Gasteiger partial charge < -0.3 is 10.2 Å². The minimum atomic E-state index is 0.727. The van der Waals surface area contributed by atoms with E-state index in [1.807, 2.05) is 12.3 Å². The van der Waals surface area contributed by atoms with Crippen molar-refractivity contribution in [1.82, 2.24) is 10.3 Å². The highest BCUT2D eigenvalue weighted by Crippen LogP contribution is 2.30. The number of pyridine rings is 1. The molecule has 1 aliphatic carbocycles. The molecule has 2 unspecified atom stereocenters. The van der Waals surface area contributed by atoms with Gasteiger partial charge in [-0.1, -0.05) is 13.0 Å². The molecule has 3 nitrogen and oxygen atoms in total. The molecule has 0 spiro atoms. The Hall–Kier alpha value is -1.09. The van der Waals surface area contributed by atoms with E-state index in [9.17, 15) is 0 Å². The first-order valence-corrected chi connectivity index (χ1v) is 6.75. The molecule has 0 aromatic carbocycles. The fourth-order valence-corrected chi connectivity index (χ4v) is 2.67. The first-order valence-electron chi connectivity index (χ1n) is 6.75. The van der Waals surface area contributed by atoms with Crippen LogP contribution in [0.5, 0.6) is 0 Å². The Morgan fingerprint density at radius 3 is 2.65 bits per heavy atom. The second-order valence-electron chi connectivity index (χ2n) is 5.44. The van der Waals surface area contributed by atoms with Crippen LogP contribution in [-0.4, -0.2) is 30.2 Å². The minimum Gasteiger partial charge on any atom is -0.357 e. The van der Waals surface area contributed by atoms with Gasteiger partial charge in [-0.3, -0.25) is 0 Å². The van der Waals surface area contributed by atoms with Gasteiger partial charge in [-0.05, 0) is 37.3 Å². The molecule has 92 valence electrons. The van der Waals surface area contributed by atoms with Crippen molar-refractivity contribution >= 4 is 5.82 Å². The zero-order valence-corrected chi connectivity index (χ0v) is 10.5. The van der Waals surface area contributed by atoms with Crippen molar-refractivity contribution in [2.75, 3.05) is 18.0 Å². The van der Waals surface area contributed by atoms with Gasteiger partial charge in [0.15, 0.2) is 0 Å². The number of aromatic nitrogens is 1. The monoisotopic (exact) mass is 231 g/mol. The van der Waals surface area contributed by atoms with Crippen LogP contribution in [0.25, 0.3) is 0 Å². The van der Waals surface area contributed by atoms with E-state index in [-0.39, 0.29) is 0 Å². The van der Waals surface area contributed by atoms with Crippen LogP contribution in [-0.2, 0) is 0 Å². The molecule has 3 rings (SSSR count). The number of nitrogens with zero attached hydrogens (tertiary/aromatic N) is 2. The van der Waals surface area contributed by atoms with Crippen LogP contribution in [0.4, 0.5) is 5.82 Å². The molecule has 2 fully saturated rings. The van der Waals surface area contributed by atoms with E-state index in [0.29, 0.717) is 0 Å². The normalized spacial score (nSPS) is 29.4. The van der Waals surface area contributed by atoms with E-state index in [1.54, 1.807) is 0 Å². The summed E-state index contributed by atoms with van der Waals surface area (Å²) in [6.45, 7) is 4.60. The fourth-order valence-electron chi connectivity index (χ4n) is 2.67. The van der Waals surface area contributed by atoms with Gasteiger partial charge in [0.05, 0.1) is 0 Å². The van der Waals surface area contributed by atoms with Crippen molar-refractivity contribution in [1.29, 1.82) is 0 Å². The molecule has 2 aliphatic rings.